The molecule has 2 heteroatoms. The van der Waals surface area contributed by atoms with E-state index in [1.807, 2.05) is 0 Å². The van der Waals surface area contributed by atoms with Gasteiger partial charge in [0.05, 0.1) is 0 Å². The highest BCUT2D eigenvalue weighted by Crippen LogP contribution is 1.94. The molecule has 1 unspecified atom stereocenters. The lowest BCUT2D eigenvalue weighted by atomic mass is 10.3. The van der Waals surface area contributed by atoms with Crippen molar-refractivity contribution in [1.82, 2.24) is 0 Å². The first-order chi connectivity index (χ1) is 2.27. The second-order valence-electron chi connectivity index (χ2n) is 1.63. The van der Waals surface area contributed by atoms with Crippen molar-refractivity contribution in [2.45, 2.75) is 13.8 Å². The summed E-state index contributed by atoms with van der Waals surface area (Å²) in [5.74, 6) is 0.847. The Morgan fingerprint density at radius 1 is 1.50 bits per heavy atom. The lowest BCUT2D eigenvalue weighted by molar-refractivity contribution is 0.750. The second-order valence-corrected chi connectivity index (χ2v) is 2.10. The molecule has 0 aromatic rings. The van der Waals surface area contributed by atoms with Crippen LogP contribution >= 0.6 is 21.6 Å². The Morgan fingerprint density at radius 2 is 1.67 bits per heavy atom. The van der Waals surface area contributed by atoms with Gasteiger partial charge in [0.1, 0.15) is 0 Å². The Balaban J connectivity index is 0. The van der Waals surface area contributed by atoms with E-state index in [1.165, 1.54) is 6.16 Å². The summed E-state index contributed by atoms with van der Waals surface area (Å²) in [5.41, 5.74) is 0. The predicted molar refractivity (Wildman–Crippen MR) is 36.7 cm³/mol. The van der Waals surface area contributed by atoms with Crippen LogP contribution < -0.4 is 0 Å². The van der Waals surface area contributed by atoms with Crippen molar-refractivity contribution in [2.75, 3.05) is 6.16 Å². The van der Waals surface area contributed by atoms with Gasteiger partial charge in [-0.15, -0.1) is 21.6 Å². The summed E-state index contributed by atoms with van der Waals surface area (Å²) >= 11 is 0. The molecule has 6 heavy (non-hydrogen) atoms. The zero-order valence-electron chi connectivity index (χ0n) is 4.27. The molecule has 0 nitrogen and oxygen atoms in total. The first-order valence-electron chi connectivity index (χ1n) is 1.97. The quantitative estimate of drug-likeness (QED) is 0.471. The van der Waals surface area contributed by atoms with Crippen molar-refractivity contribution in [1.29, 1.82) is 0 Å². The third-order valence-electron chi connectivity index (χ3n) is 0.471. The van der Waals surface area contributed by atoms with Gasteiger partial charge in [-0.1, -0.05) is 13.8 Å². The van der Waals surface area contributed by atoms with Crippen LogP contribution in [0.3, 0.4) is 0 Å². The molecule has 0 heterocycles. The standard InChI is InChI=1S/C4H11P.ClH/c1-4(2)3-5;/h4H,3,5H2,1-2H3;1H. The van der Waals surface area contributed by atoms with E-state index in [-0.39, 0.29) is 12.4 Å². The molecule has 0 N–H and O–H groups in total. The predicted octanol–water partition coefficient (Wildman–Crippen LogP) is 1.94. The maximum absolute atomic E-state index is 2.69. The van der Waals surface area contributed by atoms with Gasteiger partial charge in [0.15, 0.2) is 0 Å². The molecule has 0 saturated heterocycles. The normalized spacial score (nSPS) is 8.00. The van der Waals surface area contributed by atoms with Gasteiger partial charge in [-0.2, -0.15) is 0 Å². The van der Waals surface area contributed by atoms with Crippen LogP contribution in [0, 0.1) is 5.92 Å². The summed E-state index contributed by atoms with van der Waals surface area (Å²) in [6, 6.07) is 0. The minimum absolute atomic E-state index is 0. The molecule has 0 rings (SSSR count). The largest absolute Gasteiger partial charge is 0.147 e. The summed E-state index contributed by atoms with van der Waals surface area (Å²) in [6.07, 6.45) is 1.22. The lowest BCUT2D eigenvalue weighted by Gasteiger charge is -1.90. The molecule has 0 aromatic carbocycles. The summed E-state index contributed by atoms with van der Waals surface area (Å²) in [7, 11) is 2.69. The van der Waals surface area contributed by atoms with E-state index in [2.05, 4.69) is 23.1 Å². The van der Waals surface area contributed by atoms with Crippen molar-refractivity contribution >= 4 is 21.6 Å². The molecule has 0 radical (unpaired) electrons. The minimum Gasteiger partial charge on any atom is -0.147 e. The van der Waals surface area contributed by atoms with E-state index in [9.17, 15) is 0 Å². The molecule has 1 atom stereocenters. The van der Waals surface area contributed by atoms with Gasteiger partial charge in [-0.05, 0) is 12.1 Å². The molecule has 0 aliphatic heterocycles. The van der Waals surface area contributed by atoms with Crippen molar-refractivity contribution < 1.29 is 0 Å². The smallest absolute Gasteiger partial charge is 0.0358 e. The van der Waals surface area contributed by atoms with Crippen LogP contribution in [0.1, 0.15) is 13.8 Å². The summed E-state index contributed by atoms with van der Waals surface area (Å²) in [6.45, 7) is 4.40. The molecule has 40 valence electrons. The van der Waals surface area contributed by atoms with Crippen molar-refractivity contribution in [3.05, 3.63) is 0 Å². The number of hydrogen-bond acceptors (Lipinski definition) is 0. The highest BCUT2D eigenvalue weighted by molar-refractivity contribution is 7.16. The number of halogens is 1. The van der Waals surface area contributed by atoms with E-state index < -0.39 is 0 Å². The average Bonchev–Trinajstić information content (AvgIpc) is 1.38. The van der Waals surface area contributed by atoms with Gasteiger partial charge in [-0.3, -0.25) is 0 Å². The number of rotatable bonds is 1. The third-order valence-corrected chi connectivity index (χ3v) is 1.41. The average molecular weight is 127 g/mol. The van der Waals surface area contributed by atoms with Gasteiger partial charge >= 0.3 is 0 Å². The Morgan fingerprint density at radius 3 is 1.67 bits per heavy atom. The van der Waals surface area contributed by atoms with Crippen molar-refractivity contribution in [2.24, 2.45) is 5.92 Å². The summed E-state index contributed by atoms with van der Waals surface area (Å²) < 4.78 is 0. The van der Waals surface area contributed by atoms with Crippen LogP contribution in [0.5, 0.6) is 0 Å². The van der Waals surface area contributed by atoms with E-state index in [0.29, 0.717) is 0 Å². The maximum atomic E-state index is 2.69. The fraction of sp³-hybridized carbons (Fsp3) is 1.00. The second kappa shape index (κ2) is 5.72. The minimum atomic E-state index is 0. The molecule has 0 spiro atoms. The molecule has 0 aliphatic carbocycles. The zero-order valence-corrected chi connectivity index (χ0v) is 6.24. The fourth-order valence-corrected chi connectivity index (χ4v) is 0. The molecular formula is C4H12ClP. The summed E-state index contributed by atoms with van der Waals surface area (Å²) in [4.78, 5) is 0. The maximum Gasteiger partial charge on any atom is -0.0358 e. The van der Waals surface area contributed by atoms with Gasteiger partial charge in [0.25, 0.3) is 0 Å². The van der Waals surface area contributed by atoms with Crippen LogP contribution in [-0.4, -0.2) is 6.16 Å². The van der Waals surface area contributed by atoms with E-state index in [0.717, 1.165) is 5.92 Å². The van der Waals surface area contributed by atoms with E-state index >= 15 is 0 Å². The monoisotopic (exact) mass is 126 g/mol. The Bertz CT molecular complexity index is 21.5. The van der Waals surface area contributed by atoms with Crippen molar-refractivity contribution in [3.63, 3.8) is 0 Å². The third kappa shape index (κ3) is 8.83. The van der Waals surface area contributed by atoms with Crippen LogP contribution in [0.4, 0.5) is 0 Å². The van der Waals surface area contributed by atoms with Gasteiger partial charge in [0, 0.05) is 0 Å². The Hall–Kier alpha value is 0.720. The topological polar surface area (TPSA) is 0 Å². The van der Waals surface area contributed by atoms with Gasteiger partial charge in [-0.25, -0.2) is 0 Å². The first kappa shape index (κ1) is 9.87. The van der Waals surface area contributed by atoms with E-state index in [4.69, 9.17) is 0 Å². The first-order valence-corrected chi connectivity index (χ1v) is 2.79. The van der Waals surface area contributed by atoms with Crippen molar-refractivity contribution in [3.8, 4) is 0 Å². The molecule has 0 saturated carbocycles. The highest BCUT2D eigenvalue weighted by Gasteiger charge is 1.80. The zero-order chi connectivity index (χ0) is 4.28. The highest BCUT2D eigenvalue weighted by atomic mass is 35.5. The van der Waals surface area contributed by atoms with Crippen LogP contribution in [0.2, 0.25) is 0 Å². The lowest BCUT2D eigenvalue weighted by Crippen LogP contribution is -1.82. The van der Waals surface area contributed by atoms with Crippen LogP contribution in [0.15, 0.2) is 0 Å². The van der Waals surface area contributed by atoms with Crippen LogP contribution in [0.25, 0.3) is 0 Å². The number of hydrogen-bond donors (Lipinski definition) is 0. The van der Waals surface area contributed by atoms with E-state index in [1.54, 1.807) is 0 Å². The SMILES string of the molecule is CC(C)CP.Cl. The van der Waals surface area contributed by atoms with Gasteiger partial charge < -0.3 is 0 Å². The molecule has 0 aromatic heterocycles. The molecule has 0 bridgehead atoms. The molecule has 0 aliphatic rings. The molecular weight excluding hydrogens is 114 g/mol. The van der Waals surface area contributed by atoms with Gasteiger partial charge in [0.2, 0.25) is 0 Å². The summed E-state index contributed by atoms with van der Waals surface area (Å²) in [5, 5.41) is 0. The molecule has 0 fully saturated rings. The fourth-order valence-electron chi connectivity index (χ4n) is 0. The Kier molecular flexibility index (Phi) is 9.41. The Labute approximate surface area is 48.3 Å². The van der Waals surface area contributed by atoms with Crippen LogP contribution in [-0.2, 0) is 0 Å². The molecule has 0 amide bonds.